The molecule has 19 heavy (non-hydrogen) atoms. The Labute approximate surface area is 113 Å². The highest BCUT2D eigenvalue weighted by Crippen LogP contribution is 2.26. The Balaban J connectivity index is 1.60. The molecule has 1 heterocycles. The molecule has 2 aliphatic rings. The van der Waals surface area contributed by atoms with E-state index in [0.717, 1.165) is 37.2 Å². The third kappa shape index (κ3) is 2.98. The van der Waals surface area contributed by atoms with Gasteiger partial charge < -0.3 is 10.1 Å². The van der Waals surface area contributed by atoms with E-state index in [9.17, 15) is 4.79 Å². The molecule has 0 unspecified atom stereocenters. The third-order valence-electron chi connectivity index (χ3n) is 3.84. The lowest BCUT2D eigenvalue weighted by atomic mass is 10.1. The van der Waals surface area contributed by atoms with Gasteiger partial charge in [0.1, 0.15) is 5.75 Å². The molecule has 100 valence electrons. The SMILES string of the molecule is O=C(/C=C/c1ccc2c(c1)CCO2)NC1CCCC1. The fraction of sp³-hybridized carbons (Fsp3) is 0.438. The number of fused-ring (bicyclic) bond motifs is 1. The first-order valence-corrected chi connectivity index (χ1v) is 7.05. The van der Waals surface area contributed by atoms with Crippen molar-refractivity contribution in [1.82, 2.24) is 5.32 Å². The van der Waals surface area contributed by atoms with Gasteiger partial charge in [-0.3, -0.25) is 4.79 Å². The van der Waals surface area contributed by atoms with Gasteiger partial charge in [0.15, 0.2) is 0 Å². The fourth-order valence-electron chi connectivity index (χ4n) is 2.80. The summed E-state index contributed by atoms with van der Waals surface area (Å²) in [5.41, 5.74) is 2.30. The summed E-state index contributed by atoms with van der Waals surface area (Å²) in [5.74, 6) is 0.996. The topological polar surface area (TPSA) is 38.3 Å². The van der Waals surface area contributed by atoms with E-state index in [0.29, 0.717) is 6.04 Å². The van der Waals surface area contributed by atoms with E-state index in [1.54, 1.807) is 6.08 Å². The second kappa shape index (κ2) is 5.47. The molecule has 1 aliphatic carbocycles. The highest BCUT2D eigenvalue weighted by atomic mass is 16.5. The number of nitrogens with one attached hydrogen (secondary N) is 1. The predicted molar refractivity (Wildman–Crippen MR) is 75.1 cm³/mol. The van der Waals surface area contributed by atoms with Crippen molar-refractivity contribution in [2.75, 3.05) is 6.61 Å². The molecule has 3 heteroatoms. The van der Waals surface area contributed by atoms with E-state index in [-0.39, 0.29) is 5.91 Å². The highest BCUT2D eigenvalue weighted by molar-refractivity contribution is 5.92. The van der Waals surface area contributed by atoms with Crippen molar-refractivity contribution >= 4 is 12.0 Å². The number of hydrogen-bond donors (Lipinski definition) is 1. The molecule has 3 nitrogen and oxygen atoms in total. The Bertz CT molecular complexity index is 501. The van der Waals surface area contributed by atoms with Crippen LogP contribution in [0.3, 0.4) is 0 Å². The average Bonchev–Trinajstić information content (AvgIpc) is 3.06. The molecule has 0 spiro atoms. The molecule has 0 radical (unpaired) electrons. The zero-order chi connectivity index (χ0) is 13.1. The molecular weight excluding hydrogens is 238 g/mol. The number of benzene rings is 1. The van der Waals surface area contributed by atoms with Gasteiger partial charge in [-0.2, -0.15) is 0 Å². The quantitative estimate of drug-likeness (QED) is 0.845. The van der Waals surface area contributed by atoms with Crippen LogP contribution >= 0.6 is 0 Å². The second-order valence-corrected chi connectivity index (χ2v) is 5.29. The van der Waals surface area contributed by atoms with Gasteiger partial charge in [0.05, 0.1) is 6.61 Å². The normalized spacial score (nSPS) is 18.5. The summed E-state index contributed by atoms with van der Waals surface area (Å²) in [5, 5.41) is 3.05. The van der Waals surface area contributed by atoms with Crippen LogP contribution < -0.4 is 10.1 Å². The maximum absolute atomic E-state index is 11.8. The Morgan fingerprint density at radius 3 is 3.00 bits per heavy atom. The number of ether oxygens (including phenoxy) is 1. The highest BCUT2D eigenvalue weighted by Gasteiger charge is 2.15. The monoisotopic (exact) mass is 257 g/mol. The minimum absolute atomic E-state index is 0.0173. The zero-order valence-corrected chi connectivity index (χ0v) is 11.0. The largest absolute Gasteiger partial charge is 0.493 e. The molecule has 0 bridgehead atoms. The lowest BCUT2D eigenvalue weighted by Gasteiger charge is -2.09. The summed E-state index contributed by atoms with van der Waals surface area (Å²) in [6.45, 7) is 0.769. The van der Waals surface area contributed by atoms with Crippen molar-refractivity contribution in [3.63, 3.8) is 0 Å². The number of amides is 1. The van der Waals surface area contributed by atoms with Crippen LogP contribution in [0.2, 0.25) is 0 Å². The van der Waals surface area contributed by atoms with Gasteiger partial charge in [0.25, 0.3) is 0 Å². The van der Waals surface area contributed by atoms with Crippen molar-refractivity contribution in [1.29, 1.82) is 0 Å². The van der Waals surface area contributed by atoms with Crippen molar-refractivity contribution in [3.05, 3.63) is 35.4 Å². The molecule has 0 atom stereocenters. The molecule has 1 aliphatic heterocycles. The van der Waals surface area contributed by atoms with Crippen molar-refractivity contribution < 1.29 is 9.53 Å². The van der Waals surface area contributed by atoms with Gasteiger partial charge in [-0.15, -0.1) is 0 Å². The first-order chi connectivity index (χ1) is 9.31. The number of rotatable bonds is 3. The minimum atomic E-state index is 0.0173. The van der Waals surface area contributed by atoms with Gasteiger partial charge in [0, 0.05) is 18.5 Å². The molecule has 1 saturated carbocycles. The van der Waals surface area contributed by atoms with Crippen LogP contribution in [0.4, 0.5) is 0 Å². The van der Waals surface area contributed by atoms with Crippen LogP contribution in [0.15, 0.2) is 24.3 Å². The van der Waals surface area contributed by atoms with Crippen molar-refractivity contribution in [3.8, 4) is 5.75 Å². The second-order valence-electron chi connectivity index (χ2n) is 5.29. The molecule has 1 amide bonds. The van der Waals surface area contributed by atoms with E-state index >= 15 is 0 Å². The summed E-state index contributed by atoms with van der Waals surface area (Å²) >= 11 is 0. The molecule has 1 aromatic carbocycles. The zero-order valence-electron chi connectivity index (χ0n) is 11.0. The van der Waals surface area contributed by atoms with Gasteiger partial charge >= 0.3 is 0 Å². The van der Waals surface area contributed by atoms with Gasteiger partial charge in [-0.05, 0) is 42.2 Å². The van der Waals surface area contributed by atoms with Crippen LogP contribution in [-0.4, -0.2) is 18.6 Å². The van der Waals surface area contributed by atoms with E-state index in [1.807, 2.05) is 18.2 Å². The minimum Gasteiger partial charge on any atom is -0.493 e. The molecular formula is C16H19NO2. The summed E-state index contributed by atoms with van der Waals surface area (Å²) in [4.78, 5) is 11.8. The number of carbonyl (C=O) groups is 1. The standard InChI is InChI=1S/C16H19NO2/c18-16(17-14-3-1-2-4-14)8-6-12-5-7-15-13(11-12)9-10-19-15/h5-8,11,14H,1-4,9-10H2,(H,17,18)/b8-6+. The number of hydrogen-bond acceptors (Lipinski definition) is 2. The smallest absolute Gasteiger partial charge is 0.244 e. The van der Waals surface area contributed by atoms with Crippen LogP contribution in [0.25, 0.3) is 6.08 Å². The molecule has 3 rings (SSSR count). The van der Waals surface area contributed by atoms with Gasteiger partial charge in [0.2, 0.25) is 5.91 Å². The van der Waals surface area contributed by atoms with Gasteiger partial charge in [-0.1, -0.05) is 18.9 Å². The van der Waals surface area contributed by atoms with Crippen LogP contribution in [0, 0.1) is 0 Å². The third-order valence-corrected chi connectivity index (χ3v) is 3.84. The molecule has 1 fully saturated rings. The van der Waals surface area contributed by atoms with Crippen molar-refractivity contribution in [2.24, 2.45) is 0 Å². The van der Waals surface area contributed by atoms with Crippen LogP contribution in [0.1, 0.15) is 36.8 Å². The Morgan fingerprint density at radius 2 is 2.16 bits per heavy atom. The fourth-order valence-corrected chi connectivity index (χ4v) is 2.80. The van der Waals surface area contributed by atoms with E-state index in [4.69, 9.17) is 4.74 Å². The number of carbonyl (C=O) groups excluding carboxylic acids is 1. The lowest BCUT2D eigenvalue weighted by Crippen LogP contribution is -2.30. The Morgan fingerprint density at radius 1 is 1.32 bits per heavy atom. The average molecular weight is 257 g/mol. The summed E-state index contributed by atoms with van der Waals surface area (Å²) < 4.78 is 5.46. The molecule has 0 aromatic heterocycles. The summed E-state index contributed by atoms with van der Waals surface area (Å²) in [6.07, 6.45) is 9.19. The molecule has 1 N–H and O–H groups in total. The maximum Gasteiger partial charge on any atom is 0.244 e. The first kappa shape index (κ1) is 12.3. The first-order valence-electron chi connectivity index (χ1n) is 7.05. The lowest BCUT2D eigenvalue weighted by molar-refractivity contribution is -0.117. The van der Waals surface area contributed by atoms with Crippen LogP contribution in [0.5, 0.6) is 5.75 Å². The van der Waals surface area contributed by atoms with Gasteiger partial charge in [-0.25, -0.2) is 0 Å². The molecule has 0 saturated heterocycles. The summed E-state index contributed by atoms with van der Waals surface area (Å²) in [7, 11) is 0. The predicted octanol–water partition coefficient (Wildman–Crippen LogP) is 2.69. The van der Waals surface area contributed by atoms with Crippen molar-refractivity contribution in [2.45, 2.75) is 38.1 Å². The van der Waals surface area contributed by atoms with E-state index in [2.05, 4.69) is 11.4 Å². The summed E-state index contributed by atoms with van der Waals surface area (Å²) in [6, 6.07) is 6.45. The Hall–Kier alpha value is -1.77. The van der Waals surface area contributed by atoms with E-state index < -0.39 is 0 Å². The molecule has 1 aromatic rings. The van der Waals surface area contributed by atoms with Crippen LogP contribution in [-0.2, 0) is 11.2 Å². The van der Waals surface area contributed by atoms with E-state index in [1.165, 1.54) is 18.4 Å². The Kier molecular flexibility index (Phi) is 3.53. The maximum atomic E-state index is 11.8.